The van der Waals surface area contributed by atoms with E-state index in [1.54, 1.807) is 17.7 Å². The highest BCUT2D eigenvalue weighted by Crippen LogP contribution is 2.30. The van der Waals surface area contributed by atoms with Crippen molar-refractivity contribution >= 4 is 5.69 Å². The number of aromatic nitrogens is 1. The van der Waals surface area contributed by atoms with Crippen molar-refractivity contribution in [3.63, 3.8) is 0 Å². The topological polar surface area (TPSA) is 57.2 Å². The molecule has 0 aliphatic rings. The van der Waals surface area contributed by atoms with Crippen LogP contribution >= 0.6 is 0 Å². The van der Waals surface area contributed by atoms with E-state index in [-0.39, 0.29) is 11.2 Å². The van der Waals surface area contributed by atoms with Crippen molar-refractivity contribution in [3.05, 3.63) is 46.2 Å². The van der Waals surface area contributed by atoms with E-state index in [1.807, 2.05) is 31.2 Å². The summed E-state index contributed by atoms with van der Waals surface area (Å²) < 4.78 is 7.23. The molecule has 2 rings (SSSR count). The van der Waals surface area contributed by atoms with Gasteiger partial charge >= 0.3 is 0 Å². The van der Waals surface area contributed by atoms with Crippen LogP contribution in [0.5, 0.6) is 5.75 Å². The van der Waals surface area contributed by atoms with Gasteiger partial charge in [-0.2, -0.15) is 0 Å². The first kappa shape index (κ1) is 16.1. The Bertz CT molecular complexity index is 705. The van der Waals surface area contributed by atoms with Gasteiger partial charge in [0.1, 0.15) is 5.75 Å². The Balaban J connectivity index is 2.57. The summed E-state index contributed by atoms with van der Waals surface area (Å²) in [6.45, 7) is 4.84. The number of unbranched alkanes of at least 4 members (excludes halogenated alkanes) is 2. The monoisotopic (exact) mass is 300 g/mol. The number of ether oxygens (including phenoxy) is 1. The van der Waals surface area contributed by atoms with E-state index in [0.29, 0.717) is 6.54 Å². The minimum atomic E-state index is -0.128. The zero-order valence-corrected chi connectivity index (χ0v) is 13.6. The number of anilines is 1. The fourth-order valence-corrected chi connectivity index (χ4v) is 2.59. The van der Waals surface area contributed by atoms with Crippen molar-refractivity contribution in [1.82, 2.24) is 4.57 Å². The summed E-state index contributed by atoms with van der Waals surface area (Å²) >= 11 is 0. The molecule has 0 aliphatic carbocycles. The van der Waals surface area contributed by atoms with Gasteiger partial charge in [0.25, 0.3) is 5.56 Å². The normalized spacial score (nSPS) is 10.7. The third-order valence-corrected chi connectivity index (χ3v) is 3.82. The van der Waals surface area contributed by atoms with Gasteiger partial charge in [-0.05, 0) is 37.6 Å². The van der Waals surface area contributed by atoms with Crippen molar-refractivity contribution < 1.29 is 4.74 Å². The van der Waals surface area contributed by atoms with Gasteiger partial charge in [0.05, 0.1) is 18.5 Å². The van der Waals surface area contributed by atoms with Crippen LogP contribution in [0, 0.1) is 6.92 Å². The average Bonchev–Trinajstić information content (AvgIpc) is 2.52. The quantitative estimate of drug-likeness (QED) is 0.829. The summed E-state index contributed by atoms with van der Waals surface area (Å²) in [6, 6.07) is 9.55. The van der Waals surface area contributed by atoms with Gasteiger partial charge in [0, 0.05) is 12.1 Å². The lowest BCUT2D eigenvalue weighted by Crippen LogP contribution is -2.24. The predicted molar refractivity (Wildman–Crippen MR) is 91.4 cm³/mol. The van der Waals surface area contributed by atoms with Crippen LogP contribution in [0.4, 0.5) is 5.69 Å². The van der Waals surface area contributed by atoms with Crippen LogP contribution in [0.25, 0.3) is 11.3 Å². The van der Waals surface area contributed by atoms with Crippen molar-refractivity contribution in [2.24, 2.45) is 0 Å². The molecule has 0 spiro atoms. The number of benzene rings is 1. The first-order valence-corrected chi connectivity index (χ1v) is 7.72. The number of rotatable bonds is 6. The third-order valence-electron chi connectivity index (χ3n) is 3.82. The van der Waals surface area contributed by atoms with Gasteiger partial charge < -0.3 is 15.0 Å². The molecule has 4 heteroatoms. The van der Waals surface area contributed by atoms with E-state index in [1.165, 1.54) is 0 Å². The van der Waals surface area contributed by atoms with Gasteiger partial charge in [0.15, 0.2) is 0 Å². The molecule has 0 atom stereocenters. The summed E-state index contributed by atoms with van der Waals surface area (Å²) in [5.41, 5.74) is 8.87. The van der Waals surface area contributed by atoms with Gasteiger partial charge in [0.2, 0.25) is 0 Å². The second-order valence-corrected chi connectivity index (χ2v) is 5.54. The number of nitrogens with zero attached hydrogens (tertiary/aromatic N) is 1. The highest BCUT2D eigenvalue weighted by Gasteiger charge is 2.13. The second-order valence-electron chi connectivity index (χ2n) is 5.54. The number of nitrogen functional groups attached to an aromatic ring is 1. The number of pyridine rings is 1. The summed E-state index contributed by atoms with van der Waals surface area (Å²) in [7, 11) is 1.64. The summed E-state index contributed by atoms with van der Waals surface area (Å²) in [6.07, 6.45) is 3.16. The van der Waals surface area contributed by atoms with Crippen LogP contribution in [0.15, 0.2) is 35.1 Å². The molecule has 118 valence electrons. The summed E-state index contributed by atoms with van der Waals surface area (Å²) in [5.74, 6) is 0.763. The van der Waals surface area contributed by atoms with E-state index in [0.717, 1.165) is 41.8 Å². The molecule has 0 saturated carbocycles. The zero-order valence-electron chi connectivity index (χ0n) is 13.6. The van der Waals surface area contributed by atoms with Crippen LogP contribution in [0.1, 0.15) is 31.7 Å². The Labute approximate surface area is 131 Å². The first-order valence-electron chi connectivity index (χ1n) is 7.72. The Kier molecular flexibility index (Phi) is 5.26. The molecule has 0 unspecified atom stereocenters. The maximum atomic E-state index is 12.4. The van der Waals surface area contributed by atoms with Gasteiger partial charge in [-0.25, -0.2) is 0 Å². The minimum absolute atomic E-state index is 0.128. The lowest BCUT2D eigenvalue weighted by Gasteiger charge is -2.16. The molecule has 0 radical (unpaired) electrons. The van der Waals surface area contributed by atoms with Gasteiger partial charge in [-0.3, -0.25) is 4.79 Å². The van der Waals surface area contributed by atoms with Crippen LogP contribution in [-0.2, 0) is 6.54 Å². The summed E-state index contributed by atoms with van der Waals surface area (Å²) in [5, 5.41) is 0. The lowest BCUT2D eigenvalue weighted by molar-refractivity contribution is 0.415. The van der Waals surface area contributed by atoms with E-state index < -0.39 is 0 Å². The van der Waals surface area contributed by atoms with Crippen molar-refractivity contribution in [2.45, 2.75) is 39.7 Å². The molecular formula is C18H24N2O2. The standard InChI is InChI=1S/C18H24N2O2/c1-4-5-6-11-20-16(9-8-15(19)18(20)21)14-12-13(2)7-10-17(14)22-3/h7-10,12H,4-6,11,19H2,1-3H3. The number of aryl methyl sites for hydroxylation is 1. The number of hydrogen-bond donors (Lipinski definition) is 1. The Hall–Kier alpha value is -2.23. The molecule has 0 aliphatic heterocycles. The SMILES string of the molecule is CCCCCn1c(-c2cc(C)ccc2OC)ccc(N)c1=O. The van der Waals surface area contributed by atoms with Crippen molar-refractivity contribution in [2.75, 3.05) is 12.8 Å². The molecule has 1 aromatic heterocycles. The molecule has 22 heavy (non-hydrogen) atoms. The minimum Gasteiger partial charge on any atom is -0.496 e. The largest absolute Gasteiger partial charge is 0.496 e. The Morgan fingerprint density at radius 3 is 2.64 bits per heavy atom. The number of methoxy groups -OCH3 is 1. The lowest BCUT2D eigenvalue weighted by atomic mass is 10.1. The van der Waals surface area contributed by atoms with E-state index in [9.17, 15) is 4.79 Å². The van der Waals surface area contributed by atoms with Crippen molar-refractivity contribution in [1.29, 1.82) is 0 Å². The molecule has 0 saturated heterocycles. The highest BCUT2D eigenvalue weighted by molar-refractivity contribution is 5.69. The van der Waals surface area contributed by atoms with Crippen LogP contribution < -0.4 is 16.0 Å². The molecule has 2 N–H and O–H groups in total. The fourth-order valence-electron chi connectivity index (χ4n) is 2.59. The van der Waals surface area contributed by atoms with Crippen molar-refractivity contribution in [3.8, 4) is 17.0 Å². The molecule has 1 aromatic carbocycles. The third kappa shape index (κ3) is 3.32. The fraction of sp³-hybridized carbons (Fsp3) is 0.389. The van der Waals surface area contributed by atoms with E-state index in [2.05, 4.69) is 6.92 Å². The predicted octanol–water partition coefficient (Wildman–Crippen LogP) is 3.60. The molecule has 1 heterocycles. The molecular weight excluding hydrogens is 276 g/mol. The maximum Gasteiger partial charge on any atom is 0.274 e. The number of nitrogens with two attached hydrogens (primary N) is 1. The first-order chi connectivity index (χ1) is 10.6. The molecule has 0 fully saturated rings. The molecule has 4 nitrogen and oxygen atoms in total. The van der Waals surface area contributed by atoms with Crippen LogP contribution in [0.3, 0.4) is 0 Å². The smallest absolute Gasteiger partial charge is 0.274 e. The molecule has 0 amide bonds. The Morgan fingerprint density at radius 2 is 1.95 bits per heavy atom. The Morgan fingerprint density at radius 1 is 1.18 bits per heavy atom. The number of hydrogen-bond acceptors (Lipinski definition) is 3. The van der Waals surface area contributed by atoms with Gasteiger partial charge in [-0.15, -0.1) is 0 Å². The van der Waals surface area contributed by atoms with E-state index >= 15 is 0 Å². The highest BCUT2D eigenvalue weighted by atomic mass is 16.5. The maximum absolute atomic E-state index is 12.4. The second kappa shape index (κ2) is 7.16. The van der Waals surface area contributed by atoms with Crippen LogP contribution in [0.2, 0.25) is 0 Å². The molecule has 0 bridgehead atoms. The van der Waals surface area contributed by atoms with E-state index in [4.69, 9.17) is 10.5 Å². The zero-order chi connectivity index (χ0) is 16.1. The van der Waals surface area contributed by atoms with Gasteiger partial charge in [-0.1, -0.05) is 31.4 Å². The summed E-state index contributed by atoms with van der Waals surface area (Å²) in [4.78, 5) is 12.4. The molecule has 2 aromatic rings. The average molecular weight is 300 g/mol. The van der Waals surface area contributed by atoms with Crippen LogP contribution in [-0.4, -0.2) is 11.7 Å².